The maximum atomic E-state index is 12.9. The van der Waals surface area contributed by atoms with Crippen LogP contribution in [0.5, 0.6) is 0 Å². The number of imide groups is 1. The highest BCUT2D eigenvalue weighted by molar-refractivity contribution is 6.41. The topological polar surface area (TPSA) is 52.7 Å². The molecule has 0 fully saturated rings. The Balaban J connectivity index is 2.07. The van der Waals surface area contributed by atoms with Gasteiger partial charge in [-0.05, 0) is 36.4 Å². The molecule has 5 nitrogen and oxygen atoms in total. The lowest BCUT2D eigenvalue weighted by Gasteiger charge is -2.14. The van der Waals surface area contributed by atoms with E-state index in [0.29, 0.717) is 21.3 Å². The van der Waals surface area contributed by atoms with E-state index in [0.717, 1.165) is 10.6 Å². The number of anilines is 2. The van der Waals surface area contributed by atoms with E-state index in [2.05, 4.69) is 11.9 Å². The molecule has 0 aromatic heterocycles. The molecule has 1 N–H and O–H groups in total. The van der Waals surface area contributed by atoms with Gasteiger partial charge >= 0.3 is 0 Å². The fraction of sp³-hybridized carbons (Fsp3) is 0.143. The zero-order valence-electron chi connectivity index (χ0n) is 15.5. The van der Waals surface area contributed by atoms with E-state index < -0.39 is 11.8 Å². The van der Waals surface area contributed by atoms with E-state index in [1.807, 2.05) is 43.3 Å². The number of halogens is 2. The van der Waals surface area contributed by atoms with Gasteiger partial charge in [0, 0.05) is 42.6 Å². The largest absolute Gasteiger partial charge is 0.378 e. The number of hydrogen-bond donors (Lipinski definition) is 1. The number of benzene rings is 2. The molecule has 1 aliphatic rings. The molecule has 1 aliphatic heterocycles. The molecule has 2 aromatic rings. The van der Waals surface area contributed by atoms with Crippen molar-refractivity contribution in [2.45, 2.75) is 0 Å². The second kappa shape index (κ2) is 8.09. The lowest BCUT2D eigenvalue weighted by atomic mass is 10.0. The molecule has 0 radical (unpaired) electrons. The first-order chi connectivity index (χ1) is 13.3. The zero-order chi connectivity index (χ0) is 20.4. The van der Waals surface area contributed by atoms with Crippen LogP contribution in [0.25, 0.3) is 5.57 Å². The van der Waals surface area contributed by atoms with Gasteiger partial charge in [0.25, 0.3) is 11.8 Å². The van der Waals surface area contributed by atoms with Crippen LogP contribution in [0.3, 0.4) is 0 Å². The molecule has 3 rings (SSSR count). The van der Waals surface area contributed by atoms with E-state index in [4.69, 9.17) is 23.2 Å². The second-order valence-corrected chi connectivity index (χ2v) is 7.29. The van der Waals surface area contributed by atoms with Crippen molar-refractivity contribution in [1.82, 2.24) is 4.90 Å². The Morgan fingerprint density at radius 3 is 2.32 bits per heavy atom. The first-order valence-electron chi connectivity index (χ1n) is 8.54. The Kier molecular flexibility index (Phi) is 5.77. The van der Waals surface area contributed by atoms with Gasteiger partial charge in [-0.3, -0.25) is 14.5 Å². The maximum Gasteiger partial charge on any atom is 0.278 e. The molecule has 144 valence electrons. The minimum atomic E-state index is -0.429. The van der Waals surface area contributed by atoms with E-state index in [-0.39, 0.29) is 17.8 Å². The minimum Gasteiger partial charge on any atom is -0.378 e. The highest BCUT2D eigenvalue weighted by Crippen LogP contribution is 2.35. The van der Waals surface area contributed by atoms with Gasteiger partial charge in [0.05, 0.1) is 10.6 Å². The number of nitrogens with one attached hydrogen (secondary N) is 1. The van der Waals surface area contributed by atoms with Gasteiger partial charge in [0.15, 0.2) is 0 Å². The third kappa shape index (κ3) is 3.77. The average molecular weight is 416 g/mol. The predicted molar refractivity (Wildman–Crippen MR) is 115 cm³/mol. The van der Waals surface area contributed by atoms with Crippen LogP contribution in [-0.4, -0.2) is 37.4 Å². The number of amides is 2. The third-order valence-electron chi connectivity index (χ3n) is 4.33. The van der Waals surface area contributed by atoms with E-state index in [9.17, 15) is 9.59 Å². The predicted octanol–water partition coefficient (Wildman–Crippen LogP) is 4.44. The van der Waals surface area contributed by atoms with Crippen LogP contribution in [0.2, 0.25) is 10.0 Å². The summed E-state index contributed by atoms with van der Waals surface area (Å²) in [5.74, 6) is -0.857. The fourth-order valence-electron chi connectivity index (χ4n) is 2.92. The lowest BCUT2D eigenvalue weighted by Crippen LogP contribution is -2.32. The van der Waals surface area contributed by atoms with Crippen molar-refractivity contribution in [1.29, 1.82) is 0 Å². The average Bonchev–Trinajstić information content (AvgIpc) is 2.87. The van der Waals surface area contributed by atoms with E-state index in [1.165, 1.54) is 6.08 Å². The number of carbonyl (C=O) groups excluding carboxylic acids is 2. The van der Waals surface area contributed by atoms with E-state index in [1.54, 1.807) is 18.2 Å². The molecule has 0 saturated carbocycles. The first-order valence-corrected chi connectivity index (χ1v) is 9.30. The molecule has 2 aromatic carbocycles. The molecule has 0 spiro atoms. The molecule has 0 aliphatic carbocycles. The fourth-order valence-corrected chi connectivity index (χ4v) is 3.42. The molecular weight excluding hydrogens is 397 g/mol. The third-order valence-corrected chi connectivity index (χ3v) is 4.88. The van der Waals surface area contributed by atoms with Crippen LogP contribution in [0.1, 0.15) is 5.56 Å². The molecule has 28 heavy (non-hydrogen) atoms. The van der Waals surface area contributed by atoms with Gasteiger partial charge in [-0.15, -0.1) is 6.58 Å². The summed E-state index contributed by atoms with van der Waals surface area (Å²) in [7, 11) is 3.88. The van der Waals surface area contributed by atoms with Crippen LogP contribution in [0.15, 0.2) is 60.8 Å². The second-order valence-electron chi connectivity index (χ2n) is 6.45. The van der Waals surface area contributed by atoms with Crippen molar-refractivity contribution >= 4 is 52.0 Å². The SMILES string of the molecule is C=CCN1C(=O)C(Nc2ccc(N(C)C)cc2)=C(c2ccc(Cl)cc2Cl)C1=O. The summed E-state index contributed by atoms with van der Waals surface area (Å²) in [5.41, 5.74) is 2.54. The van der Waals surface area contributed by atoms with Gasteiger partial charge in [0.1, 0.15) is 5.70 Å². The molecule has 0 bridgehead atoms. The number of nitrogens with zero attached hydrogens (tertiary/aromatic N) is 2. The summed E-state index contributed by atoms with van der Waals surface area (Å²) >= 11 is 12.3. The first kappa shape index (κ1) is 20.0. The number of carbonyl (C=O) groups is 2. The Bertz CT molecular complexity index is 982. The quantitative estimate of drug-likeness (QED) is 0.559. The van der Waals surface area contributed by atoms with Gasteiger partial charge in [0.2, 0.25) is 0 Å². The van der Waals surface area contributed by atoms with Crippen molar-refractivity contribution in [3.8, 4) is 0 Å². The Morgan fingerprint density at radius 2 is 1.75 bits per heavy atom. The van der Waals surface area contributed by atoms with Gasteiger partial charge in [-0.1, -0.05) is 35.3 Å². The normalized spacial score (nSPS) is 13.9. The highest BCUT2D eigenvalue weighted by atomic mass is 35.5. The van der Waals surface area contributed by atoms with Gasteiger partial charge in [-0.2, -0.15) is 0 Å². The maximum absolute atomic E-state index is 12.9. The molecule has 0 atom stereocenters. The molecular formula is C21H19Cl2N3O2. The molecule has 0 saturated heterocycles. The summed E-state index contributed by atoms with van der Waals surface area (Å²) in [6.07, 6.45) is 1.51. The summed E-state index contributed by atoms with van der Waals surface area (Å²) in [6.45, 7) is 3.73. The van der Waals surface area contributed by atoms with E-state index >= 15 is 0 Å². The summed E-state index contributed by atoms with van der Waals surface area (Å²) in [5, 5.41) is 3.83. The Labute approximate surface area is 173 Å². The van der Waals surface area contributed by atoms with Gasteiger partial charge in [-0.25, -0.2) is 0 Å². The standard InChI is InChI=1S/C21H19Cl2N3O2/c1-4-11-26-20(27)18(16-10-5-13(22)12-17(16)23)19(21(26)28)24-14-6-8-15(9-7-14)25(2)3/h4-10,12,24H,1,11H2,2-3H3. The van der Waals surface area contributed by atoms with Crippen molar-refractivity contribution in [3.05, 3.63) is 76.4 Å². The summed E-state index contributed by atoms with van der Waals surface area (Å²) in [6, 6.07) is 12.3. The van der Waals surface area contributed by atoms with Crippen molar-refractivity contribution in [2.75, 3.05) is 30.9 Å². The molecule has 7 heteroatoms. The van der Waals surface area contributed by atoms with Crippen LogP contribution >= 0.6 is 23.2 Å². The monoisotopic (exact) mass is 415 g/mol. The zero-order valence-corrected chi connectivity index (χ0v) is 17.0. The molecule has 2 amide bonds. The van der Waals surface area contributed by atoms with Gasteiger partial charge < -0.3 is 10.2 Å². The van der Waals surface area contributed by atoms with Crippen molar-refractivity contribution < 1.29 is 9.59 Å². The highest BCUT2D eigenvalue weighted by Gasteiger charge is 2.39. The number of hydrogen-bond acceptors (Lipinski definition) is 4. The molecule has 0 unspecified atom stereocenters. The van der Waals surface area contributed by atoms with Crippen molar-refractivity contribution in [3.63, 3.8) is 0 Å². The minimum absolute atomic E-state index is 0.108. The smallest absolute Gasteiger partial charge is 0.278 e. The Hall–Kier alpha value is -2.76. The Morgan fingerprint density at radius 1 is 1.07 bits per heavy atom. The summed E-state index contributed by atoms with van der Waals surface area (Å²) in [4.78, 5) is 29.0. The van der Waals surface area contributed by atoms with Crippen LogP contribution < -0.4 is 10.2 Å². The summed E-state index contributed by atoms with van der Waals surface area (Å²) < 4.78 is 0. The van der Waals surface area contributed by atoms with Crippen LogP contribution in [0.4, 0.5) is 11.4 Å². The number of rotatable bonds is 6. The lowest BCUT2D eigenvalue weighted by molar-refractivity contribution is -0.136. The molecule has 1 heterocycles. The van der Waals surface area contributed by atoms with Crippen molar-refractivity contribution in [2.24, 2.45) is 0 Å². The van der Waals surface area contributed by atoms with Crippen LogP contribution in [-0.2, 0) is 9.59 Å². The van der Waals surface area contributed by atoms with Crippen LogP contribution in [0, 0.1) is 0 Å².